The minimum absolute atomic E-state index is 0.0382. The van der Waals surface area contributed by atoms with Crippen molar-refractivity contribution < 1.29 is 43.1 Å². The molecule has 0 saturated carbocycles. The van der Waals surface area contributed by atoms with Gasteiger partial charge in [0.2, 0.25) is 4.77 Å². The number of H-pyrrole nitrogens is 1. The first-order chi connectivity index (χ1) is 19.5. The van der Waals surface area contributed by atoms with Crippen LogP contribution in [0, 0.1) is 4.77 Å². The number of esters is 2. The number of ether oxygens (including phenoxy) is 6. The summed E-state index contributed by atoms with van der Waals surface area (Å²) in [5.74, 6) is -1.02. The molecule has 0 bridgehead atoms. The standard InChI is InChI=1S/C27H46N4O9S/c1-6-8-26-39-20(7-2)12-24(40-26)14-23-13-22(36-18(5)37-23)11-19(33)10-21(9-16(3)35-17(4)32)38-25(34)15-31-27(41)28-29-30-31/h16,18-24,26,33H,6-15H2,1-5H3,(H,28,30,41). The number of aromatic amines is 1. The zero-order chi connectivity index (χ0) is 29.9. The van der Waals surface area contributed by atoms with E-state index in [4.69, 9.17) is 40.6 Å². The number of carbonyl (C=O) groups is 2. The van der Waals surface area contributed by atoms with Crippen LogP contribution < -0.4 is 0 Å². The van der Waals surface area contributed by atoms with E-state index in [-0.39, 0.29) is 54.9 Å². The van der Waals surface area contributed by atoms with Crippen molar-refractivity contribution in [3.63, 3.8) is 0 Å². The lowest BCUT2D eigenvalue weighted by Crippen LogP contribution is -2.44. The third kappa shape index (κ3) is 11.7. The van der Waals surface area contributed by atoms with Gasteiger partial charge in [0.05, 0.1) is 30.5 Å². The van der Waals surface area contributed by atoms with E-state index in [1.807, 2.05) is 6.92 Å². The molecule has 0 amide bonds. The Kier molecular flexibility index (Phi) is 13.6. The SMILES string of the molecule is CCCC1OC(CC)CC(CC2CC(CC(O)CC(CC(C)OC(C)=O)OC(=O)Cn3[nH]nnc3=S)OC(C)O2)O1. The summed E-state index contributed by atoms with van der Waals surface area (Å²) in [4.78, 5) is 24.0. The molecule has 0 aliphatic carbocycles. The molecule has 2 saturated heterocycles. The second-order valence-corrected chi connectivity index (χ2v) is 11.4. The smallest absolute Gasteiger partial charge is 0.328 e. The molecule has 2 aliphatic rings. The Morgan fingerprint density at radius 3 is 2.44 bits per heavy atom. The van der Waals surface area contributed by atoms with Crippen LogP contribution in [0.5, 0.6) is 0 Å². The third-order valence-corrected chi connectivity index (χ3v) is 7.46. The molecule has 3 heterocycles. The first-order valence-electron chi connectivity index (χ1n) is 14.7. The summed E-state index contributed by atoms with van der Waals surface area (Å²) in [6.07, 6.45) is 2.87. The van der Waals surface area contributed by atoms with E-state index in [0.717, 1.165) is 32.1 Å². The van der Waals surface area contributed by atoms with Crippen LogP contribution in [-0.2, 0) is 44.6 Å². The summed E-state index contributed by atoms with van der Waals surface area (Å²) < 4.78 is 36.6. The Hall–Kier alpha value is -1.97. The fourth-order valence-corrected chi connectivity index (χ4v) is 5.64. The molecule has 14 heteroatoms. The average Bonchev–Trinajstić information content (AvgIpc) is 3.26. The topological polar surface area (TPSA) is 156 Å². The Balaban J connectivity index is 1.56. The fourth-order valence-electron chi connectivity index (χ4n) is 5.50. The van der Waals surface area contributed by atoms with Gasteiger partial charge in [-0.15, -0.1) is 0 Å². The molecule has 9 atom stereocenters. The van der Waals surface area contributed by atoms with E-state index in [1.165, 1.54) is 11.6 Å². The van der Waals surface area contributed by atoms with Crippen LogP contribution in [0.1, 0.15) is 92.4 Å². The highest BCUT2D eigenvalue weighted by molar-refractivity contribution is 7.71. The second-order valence-electron chi connectivity index (χ2n) is 11.0. The van der Waals surface area contributed by atoms with Crippen molar-refractivity contribution in [1.82, 2.24) is 20.2 Å². The molecule has 2 fully saturated rings. The predicted octanol–water partition coefficient (Wildman–Crippen LogP) is 3.35. The maximum absolute atomic E-state index is 12.6. The summed E-state index contributed by atoms with van der Waals surface area (Å²) in [6.45, 7) is 8.91. The number of nitrogens with zero attached hydrogens (tertiary/aromatic N) is 3. The van der Waals surface area contributed by atoms with Crippen LogP contribution in [0.3, 0.4) is 0 Å². The summed E-state index contributed by atoms with van der Waals surface area (Å²) in [5.41, 5.74) is 0. The zero-order valence-electron chi connectivity index (χ0n) is 24.7. The highest BCUT2D eigenvalue weighted by Gasteiger charge is 2.35. The monoisotopic (exact) mass is 602 g/mol. The Labute approximate surface area is 246 Å². The molecular weight excluding hydrogens is 556 g/mol. The molecule has 234 valence electrons. The number of hydrogen-bond acceptors (Lipinski definition) is 12. The lowest BCUT2D eigenvalue weighted by Gasteiger charge is -2.40. The summed E-state index contributed by atoms with van der Waals surface area (Å²) in [7, 11) is 0. The van der Waals surface area contributed by atoms with Crippen LogP contribution in [0.15, 0.2) is 0 Å². The van der Waals surface area contributed by atoms with Gasteiger partial charge in [0.15, 0.2) is 12.6 Å². The van der Waals surface area contributed by atoms with E-state index >= 15 is 0 Å². The van der Waals surface area contributed by atoms with Crippen LogP contribution >= 0.6 is 12.2 Å². The Morgan fingerprint density at radius 2 is 1.78 bits per heavy atom. The van der Waals surface area contributed by atoms with Gasteiger partial charge in [-0.3, -0.25) is 9.59 Å². The lowest BCUT2D eigenvalue weighted by atomic mass is 9.94. The molecular formula is C27H46N4O9S. The average molecular weight is 603 g/mol. The minimum atomic E-state index is -0.831. The van der Waals surface area contributed by atoms with Gasteiger partial charge in [-0.2, -0.15) is 5.21 Å². The first-order valence-corrected chi connectivity index (χ1v) is 15.1. The van der Waals surface area contributed by atoms with Crippen LogP contribution in [0.2, 0.25) is 0 Å². The van der Waals surface area contributed by atoms with Gasteiger partial charge in [-0.25, -0.2) is 4.68 Å². The molecule has 1 aromatic heterocycles. The van der Waals surface area contributed by atoms with E-state index in [1.54, 1.807) is 6.92 Å². The van der Waals surface area contributed by atoms with Crippen molar-refractivity contribution >= 4 is 24.2 Å². The Morgan fingerprint density at radius 1 is 1.10 bits per heavy atom. The normalized spacial score (nSPS) is 28.9. The van der Waals surface area contributed by atoms with E-state index < -0.39 is 36.5 Å². The molecule has 13 nitrogen and oxygen atoms in total. The second kappa shape index (κ2) is 16.6. The number of aliphatic hydroxyl groups excluding tert-OH is 1. The molecule has 2 aliphatic heterocycles. The van der Waals surface area contributed by atoms with E-state index in [0.29, 0.717) is 12.8 Å². The summed E-state index contributed by atoms with van der Waals surface area (Å²) >= 11 is 5.01. The molecule has 0 radical (unpaired) electrons. The number of rotatable bonds is 15. The maximum atomic E-state index is 12.6. The third-order valence-electron chi connectivity index (χ3n) is 7.16. The van der Waals surface area contributed by atoms with Crippen molar-refractivity contribution in [2.45, 2.75) is 154 Å². The van der Waals surface area contributed by atoms with Crippen LogP contribution in [-0.4, -0.2) is 92.6 Å². The number of carbonyl (C=O) groups excluding carboxylic acids is 2. The summed E-state index contributed by atoms with van der Waals surface area (Å²) in [6, 6.07) is 0. The van der Waals surface area contributed by atoms with Crippen molar-refractivity contribution in [1.29, 1.82) is 0 Å². The molecule has 9 unspecified atom stereocenters. The molecule has 41 heavy (non-hydrogen) atoms. The van der Waals surface area contributed by atoms with Gasteiger partial charge >= 0.3 is 11.9 Å². The van der Waals surface area contributed by atoms with Crippen molar-refractivity contribution in [3.05, 3.63) is 4.77 Å². The Bertz CT molecular complexity index is 1010. The van der Waals surface area contributed by atoms with Gasteiger partial charge in [-0.1, -0.05) is 30.6 Å². The van der Waals surface area contributed by atoms with E-state index in [2.05, 4.69) is 29.4 Å². The first kappa shape index (κ1) is 33.5. The lowest BCUT2D eigenvalue weighted by molar-refractivity contribution is -0.271. The number of nitrogens with one attached hydrogen (secondary N) is 1. The maximum Gasteiger partial charge on any atom is 0.328 e. The van der Waals surface area contributed by atoms with Gasteiger partial charge < -0.3 is 33.5 Å². The van der Waals surface area contributed by atoms with Crippen molar-refractivity contribution in [2.24, 2.45) is 0 Å². The zero-order valence-corrected chi connectivity index (χ0v) is 25.5. The molecule has 3 rings (SSSR count). The fraction of sp³-hybridized carbons (Fsp3) is 0.889. The van der Waals surface area contributed by atoms with Gasteiger partial charge in [0.1, 0.15) is 18.8 Å². The number of aliphatic hydroxyl groups is 1. The van der Waals surface area contributed by atoms with Gasteiger partial charge in [0.25, 0.3) is 0 Å². The highest BCUT2D eigenvalue weighted by Crippen LogP contribution is 2.31. The van der Waals surface area contributed by atoms with Crippen molar-refractivity contribution in [3.8, 4) is 0 Å². The highest BCUT2D eigenvalue weighted by atomic mass is 32.1. The number of tetrazole rings is 1. The minimum Gasteiger partial charge on any atom is -0.463 e. The quantitative estimate of drug-likeness (QED) is 0.223. The van der Waals surface area contributed by atoms with Gasteiger partial charge in [0, 0.05) is 39.0 Å². The van der Waals surface area contributed by atoms with E-state index in [9.17, 15) is 14.7 Å². The molecule has 0 spiro atoms. The predicted molar refractivity (Wildman–Crippen MR) is 148 cm³/mol. The number of hydrogen-bond donors (Lipinski definition) is 2. The number of aromatic nitrogens is 4. The molecule has 2 N–H and O–H groups in total. The van der Waals surface area contributed by atoms with Crippen LogP contribution in [0.25, 0.3) is 0 Å². The molecule has 0 aromatic carbocycles. The van der Waals surface area contributed by atoms with Gasteiger partial charge in [-0.05, 0) is 45.3 Å². The van der Waals surface area contributed by atoms with Crippen molar-refractivity contribution in [2.75, 3.05) is 0 Å². The van der Waals surface area contributed by atoms with Crippen LogP contribution in [0.4, 0.5) is 0 Å². The largest absolute Gasteiger partial charge is 0.463 e. The molecule has 1 aromatic rings. The summed E-state index contributed by atoms with van der Waals surface area (Å²) in [5, 5.41) is 20.7.